The molecule has 0 unspecified atom stereocenters. The van der Waals surface area contributed by atoms with Gasteiger partial charge >= 0.3 is 11.8 Å². The number of hydrogen-bond donors (Lipinski definition) is 2. The van der Waals surface area contributed by atoms with E-state index in [0.29, 0.717) is 18.7 Å². The van der Waals surface area contributed by atoms with Crippen molar-refractivity contribution >= 4 is 23.2 Å². The molecule has 5 nitrogen and oxygen atoms in total. The predicted molar refractivity (Wildman–Crippen MR) is 114 cm³/mol. The maximum Gasteiger partial charge on any atom is 0.313 e. The van der Waals surface area contributed by atoms with E-state index < -0.39 is 11.8 Å². The van der Waals surface area contributed by atoms with E-state index in [9.17, 15) is 9.59 Å². The molecule has 0 aromatic heterocycles. The molecule has 1 heterocycles. The highest BCUT2D eigenvalue weighted by Crippen LogP contribution is 2.20. The third kappa shape index (κ3) is 5.84. The molecule has 2 N–H and O–H groups in total. The fourth-order valence-electron chi connectivity index (χ4n) is 3.43. The molecule has 1 aliphatic heterocycles. The number of nitrogens with one attached hydrogen (secondary N) is 2. The first-order chi connectivity index (χ1) is 13.6. The van der Waals surface area contributed by atoms with Crippen LogP contribution in [0.5, 0.6) is 0 Å². The number of hydrogen-bond acceptors (Lipinski definition) is 3. The smallest absolute Gasteiger partial charge is 0.313 e. The molecule has 1 saturated heterocycles. The van der Waals surface area contributed by atoms with Crippen LogP contribution in [0.1, 0.15) is 36.8 Å². The van der Waals surface area contributed by atoms with Crippen molar-refractivity contribution < 1.29 is 9.59 Å². The van der Waals surface area contributed by atoms with Crippen LogP contribution in [0.3, 0.4) is 0 Å². The van der Waals surface area contributed by atoms with Crippen LogP contribution >= 0.6 is 0 Å². The first-order valence-corrected chi connectivity index (χ1v) is 10.1. The molecule has 3 rings (SSSR count). The SMILES string of the molecule is Cc1ccc(NC(=O)C(=O)NCCc2ccc(N3CCCCCC3)cc2)cc1. The molecule has 1 fully saturated rings. The minimum Gasteiger partial charge on any atom is -0.372 e. The second-order valence-corrected chi connectivity index (χ2v) is 7.39. The average Bonchev–Trinajstić information content (AvgIpc) is 3.00. The fraction of sp³-hybridized carbons (Fsp3) is 0.391. The van der Waals surface area contributed by atoms with Crippen LogP contribution in [0.15, 0.2) is 48.5 Å². The number of rotatable bonds is 5. The zero-order chi connectivity index (χ0) is 19.8. The second-order valence-electron chi connectivity index (χ2n) is 7.39. The van der Waals surface area contributed by atoms with Gasteiger partial charge in [-0.3, -0.25) is 9.59 Å². The van der Waals surface area contributed by atoms with Gasteiger partial charge in [0.25, 0.3) is 0 Å². The number of amides is 2. The van der Waals surface area contributed by atoms with Crippen LogP contribution in [0, 0.1) is 6.92 Å². The van der Waals surface area contributed by atoms with Crippen molar-refractivity contribution in [1.29, 1.82) is 0 Å². The van der Waals surface area contributed by atoms with E-state index in [1.165, 1.54) is 31.4 Å². The molecule has 0 atom stereocenters. The Morgan fingerprint density at radius 2 is 1.50 bits per heavy atom. The van der Waals surface area contributed by atoms with Crippen LogP contribution in [0.2, 0.25) is 0 Å². The highest BCUT2D eigenvalue weighted by atomic mass is 16.2. The molecule has 0 saturated carbocycles. The molecule has 28 heavy (non-hydrogen) atoms. The third-order valence-corrected chi connectivity index (χ3v) is 5.12. The molecule has 0 spiro atoms. The van der Waals surface area contributed by atoms with Crippen LogP contribution < -0.4 is 15.5 Å². The van der Waals surface area contributed by atoms with E-state index in [1.54, 1.807) is 12.1 Å². The van der Waals surface area contributed by atoms with E-state index in [0.717, 1.165) is 24.2 Å². The lowest BCUT2D eigenvalue weighted by Gasteiger charge is -2.22. The molecule has 2 aromatic rings. The van der Waals surface area contributed by atoms with Crippen molar-refractivity contribution in [3.05, 3.63) is 59.7 Å². The number of benzene rings is 2. The van der Waals surface area contributed by atoms with E-state index in [1.807, 2.05) is 19.1 Å². The number of carbonyl (C=O) groups is 2. The summed E-state index contributed by atoms with van der Waals surface area (Å²) in [6, 6.07) is 15.9. The fourth-order valence-corrected chi connectivity index (χ4v) is 3.43. The Kier molecular flexibility index (Phi) is 7.06. The number of aryl methyl sites for hydroxylation is 1. The summed E-state index contributed by atoms with van der Waals surface area (Å²) in [5.74, 6) is -1.25. The largest absolute Gasteiger partial charge is 0.372 e. The average molecular weight is 380 g/mol. The molecular formula is C23H29N3O2. The molecule has 0 bridgehead atoms. The summed E-state index contributed by atoms with van der Waals surface area (Å²) in [5.41, 5.74) is 4.14. The minimum atomic E-state index is -0.639. The van der Waals surface area contributed by atoms with Crippen LogP contribution in [-0.2, 0) is 16.0 Å². The van der Waals surface area contributed by atoms with E-state index >= 15 is 0 Å². The van der Waals surface area contributed by atoms with Gasteiger partial charge in [0.15, 0.2) is 0 Å². The van der Waals surface area contributed by atoms with Gasteiger partial charge in [0.05, 0.1) is 0 Å². The molecule has 0 radical (unpaired) electrons. The minimum absolute atomic E-state index is 0.434. The topological polar surface area (TPSA) is 61.4 Å². The van der Waals surface area contributed by atoms with Gasteiger partial charge in [-0.2, -0.15) is 0 Å². The highest BCUT2D eigenvalue weighted by Gasteiger charge is 2.13. The van der Waals surface area contributed by atoms with Gasteiger partial charge in [0.1, 0.15) is 0 Å². The monoisotopic (exact) mass is 379 g/mol. The Morgan fingerprint density at radius 1 is 0.857 bits per heavy atom. The molecule has 2 aromatic carbocycles. The van der Waals surface area contributed by atoms with Crippen LogP contribution in [-0.4, -0.2) is 31.4 Å². The van der Waals surface area contributed by atoms with Crippen LogP contribution in [0.25, 0.3) is 0 Å². The van der Waals surface area contributed by atoms with E-state index in [4.69, 9.17) is 0 Å². The van der Waals surface area contributed by atoms with Crippen LogP contribution in [0.4, 0.5) is 11.4 Å². The van der Waals surface area contributed by atoms with Crippen molar-refractivity contribution in [3.8, 4) is 0 Å². The maximum absolute atomic E-state index is 12.0. The Balaban J connectivity index is 1.43. The van der Waals surface area contributed by atoms with Gasteiger partial charge in [0.2, 0.25) is 0 Å². The summed E-state index contributed by atoms with van der Waals surface area (Å²) in [4.78, 5) is 26.4. The lowest BCUT2D eigenvalue weighted by atomic mass is 10.1. The molecule has 148 valence electrons. The normalized spacial score (nSPS) is 14.2. The molecule has 0 aliphatic carbocycles. The first kappa shape index (κ1) is 19.9. The summed E-state index contributed by atoms with van der Waals surface area (Å²) in [6.07, 6.45) is 5.87. The van der Waals surface area contributed by atoms with Crippen molar-refractivity contribution in [2.45, 2.75) is 39.0 Å². The maximum atomic E-state index is 12.0. The van der Waals surface area contributed by atoms with Gasteiger partial charge in [-0.25, -0.2) is 0 Å². The zero-order valence-electron chi connectivity index (χ0n) is 16.5. The van der Waals surface area contributed by atoms with Crippen molar-refractivity contribution in [1.82, 2.24) is 5.32 Å². The molecule has 1 aliphatic rings. The summed E-state index contributed by atoms with van der Waals surface area (Å²) >= 11 is 0. The van der Waals surface area contributed by atoms with Gasteiger partial charge in [-0.05, 0) is 56.0 Å². The summed E-state index contributed by atoms with van der Waals surface area (Å²) < 4.78 is 0. The second kappa shape index (κ2) is 9.93. The lowest BCUT2D eigenvalue weighted by molar-refractivity contribution is -0.136. The number of carbonyl (C=O) groups excluding carboxylic acids is 2. The van der Waals surface area contributed by atoms with E-state index in [2.05, 4.69) is 39.8 Å². The molecule has 2 amide bonds. The summed E-state index contributed by atoms with van der Waals surface area (Å²) in [5, 5.41) is 5.30. The third-order valence-electron chi connectivity index (χ3n) is 5.12. The van der Waals surface area contributed by atoms with Crippen molar-refractivity contribution in [2.24, 2.45) is 0 Å². The van der Waals surface area contributed by atoms with Gasteiger partial charge in [-0.1, -0.05) is 42.7 Å². The molecule has 5 heteroatoms. The van der Waals surface area contributed by atoms with Gasteiger partial charge in [-0.15, -0.1) is 0 Å². The van der Waals surface area contributed by atoms with Gasteiger partial charge in [0, 0.05) is 31.0 Å². The Hall–Kier alpha value is -2.82. The molecular weight excluding hydrogens is 350 g/mol. The predicted octanol–water partition coefficient (Wildman–Crippen LogP) is 3.67. The Bertz CT molecular complexity index is 776. The first-order valence-electron chi connectivity index (χ1n) is 10.1. The van der Waals surface area contributed by atoms with Gasteiger partial charge < -0.3 is 15.5 Å². The van der Waals surface area contributed by atoms with Crippen molar-refractivity contribution in [3.63, 3.8) is 0 Å². The Labute approximate surface area is 167 Å². The van der Waals surface area contributed by atoms with E-state index in [-0.39, 0.29) is 0 Å². The lowest BCUT2D eigenvalue weighted by Crippen LogP contribution is -2.36. The quantitative estimate of drug-likeness (QED) is 0.779. The van der Waals surface area contributed by atoms with Crippen molar-refractivity contribution in [2.75, 3.05) is 29.9 Å². The number of anilines is 2. The highest BCUT2D eigenvalue weighted by molar-refractivity contribution is 6.39. The number of nitrogens with zero attached hydrogens (tertiary/aromatic N) is 1. The Morgan fingerprint density at radius 3 is 2.14 bits per heavy atom. The zero-order valence-corrected chi connectivity index (χ0v) is 16.5. The summed E-state index contributed by atoms with van der Waals surface area (Å²) in [7, 11) is 0. The summed E-state index contributed by atoms with van der Waals surface area (Å²) in [6.45, 7) is 4.67. The standard InChI is InChI=1S/C23H29N3O2/c1-18-6-10-20(11-7-18)25-23(28)22(27)24-15-14-19-8-12-21(13-9-19)26-16-4-2-3-5-17-26/h6-13H,2-5,14-17H2,1H3,(H,24,27)(H,25,28).